The highest BCUT2D eigenvalue weighted by Crippen LogP contribution is 2.06. The fraction of sp³-hybridized carbons (Fsp3) is 0.533. The number of tetrazole rings is 1. The molecule has 1 aromatic heterocycles. The maximum Gasteiger partial charge on any atom is 0.170 e. The normalized spacial score (nSPS) is 10.9. The lowest BCUT2D eigenvalue weighted by Gasteiger charge is -2.06. The first-order valence-corrected chi connectivity index (χ1v) is 7.53. The number of para-hydroxylation sites is 1. The van der Waals surface area contributed by atoms with Gasteiger partial charge in [0.15, 0.2) is 5.82 Å². The number of aromatic nitrogens is 4. The molecule has 0 aliphatic carbocycles. The van der Waals surface area contributed by atoms with Crippen LogP contribution in [0.1, 0.15) is 32.0 Å². The molecule has 2 aromatic rings. The van der Waals surface area contributed by atoms with E-state index >= 15 is 0 Å². The molecule has 1 heterocycles. The van der Waals surface area contributed by atoms with Crippen LogP contribution in [-0.2, 0) is 11.3 Å². The van der Waals surface area contributed by atoms with Gasteiger partial charge in [0.25, 0.3) is 0 Å². The van der Waals surface area contributed by atoms with Crippen LogP contribution in [0.25, 0.3) is 5.69 Å². The first-order valence-electron chi connectivity index (χ1n) is 7.53. The van der Waals surface area contributed by atoms with Gasteiger partial charge < -0.3 is 10.1 Å². The molecule has 0 saturated heterocycles. The fourth-order valence-corrected chi connectivity index (χ4v) is 1.93. The zero-order chi connectivity index (χ0) is 14.8. The number of hydrogen-bond acceptors (Lipinski definition) is 5. The predicted octanol–water partition coefficient (Wildman–Crippen LogP) is 1.96. The van der Waals surface area contributed by atoms with Crippen molar-refractivity contribution in [3.05, 3.63) is 36.2 Å². The van der Waals surface area contributed by atoms with E-state index in [1.807, 2.05) is 30.3 Å². The van der Waals surface area contributed by atoms with Crippen molar-refractivity contribution in [2.45, 2.75) is 32.7 Å². The van der Waals surface area contributed by atoms with E-state index in [2.05, 4.69) is 27.8 Å². The Labute approximate surface area is 125 Å². The number of hydrogen-bond donors (Lipinski definition) is 1. The third-order valence-corrected chi connectivity index (χ3v) is 3.10. The van der Waals surface area contributed by atoms with Crippen molar-refractivity contribution >= 4 is 0 Å². The van der Waals surface area contributed by atoms with Crippen molar-refractivity contribution in [2.24, 2.45) is 0 Å². The minimum atomic E-state index is 0.650. The lowest BCUT2D eigenvalue weighted by Crippen LogP contribution is -2.19. The van der Waals surface area contributed by atoms with Crippen molar-refractivity contribution in [1.29, 1.82) is 0 Å². The van der Waals surface area contributed by atoms with Gasteiger partial charge in [0.2, 0.25) is 0 Å². The molecular formula is C15H23N5O. The van der Waals surface area contributed by atoms with Crippen LogP contribution >= 0.6 is 0 Å². The Morgan fingerprint density at radius 1 is 1.14 bits per heavy atom. The van der Waals surface area contributed by atoms with Crippen LogP contribution in [0.2, 0.25) is 0 Å². The van der Waals surface area contributed by atoms with Gasteiger partial charge in [-0.05, 0) is 41.9 Å². The third kappa shape index (κ3) is 5.24. The Bertz CT molecular complexity index is 500. The maximum atomic E-state index is 5.52. The van der Waals surface area contributed by atoms with Gasteiger partial charge in [0, 0.05) is 13.2 Å². The summed E-state index contributed by atoms with van der Waals surface area (Å²) in [6.45, 7) is 5.38. The van der Waals surface area contributed by atoms with Crippen molar-refractivity contribution in [1.82, 2.24) is 25.5 Å². The van der Waals surface area contributed by atoms with Crippen LogP contribution in [0, 0.1) is 0 Å². The second-order valence-electron chi connectivity index (χ2n) is 4.84. The molecule has 0 saturated carbocycles. The molecule has 2 rings (SSSR count). The summed E-state index contributed by atoms with van der Waals surface area (Å²) in [5.41, 5.74) is 0.974. The first kappa shape index (κ1) is 15.6. The summed E-state index contributed by atoms with van der Waals surface area (Å²) >= 11 is 0. The molecular weight excluding hydrogens is 266 g/mol. The molecule has 0 aliphatic heterocycles. The average Bonchev–Trinajstić information content (AvgIpc) is 2.99. The zero-order valence-electron chi connectivity index (χ0n) is 12.5. The standard InChI is InChI=1S/C15H23N5O/c1-2-3-11-21-12-7-10-16-13-15-17-18-19-20(15)14-8-5-4-6-9-14/h4-6,8-9,16H,2-3,7,10-13H2,1H3. The number of nitrogens with zero attached hydrogens (tertiary/aromatic N) is 4. The fourth-order valence-electron chi connectivity index (χ4n) is 1.93. The number of rotatable bonds is 10. The highest BCUT2D eigenvalue weighted by atomic mass is 16.5. The highest BCUT2D eigenvalue weighted by Gasteiger charge is 2.06. The van der Waals surface area contributed by atoms with E-state index in [1.54, 1.807) is 4.68 Å². The summed E-state index contributed by atoms with van der Waals surface area (Å²) in [5, 5.41) is 15.2. The summed E-state index contributed by atoms with van der Waals surface area (Å²) in [5.74, 6) is 0.813. The van der Waals surface area contributed by atoms with Crippen LogP contribution in [0.5, 0.6) is 0 Å². The van der Waals surface area contributed by atoms with Crippen LogP contribution in [-0.4, -0.2) is 40.0 Å². The van der Waals surface area contributed by atoms with E-state index in [0.717, 1.165) is 44.1 Å². The number of benzene rings is 1. The lowest BCUT2D eigenvalue weighted by molar-refractivity contribution is 0.128. The molecule has 0 fully saturated rings. The van der Waals surface area contributed by atoms with Crippen LogP contribution < -0.4 is 5.32 Å². The van der Waals surface area contributed by atoms with Crippen LogP contribution in [0.15, 0.2) is 30.3 Å². The molecule has 21 heavy (non-hydrogen) atoms. The Morgan fingerprint density at radius 2 is 1.95 bits per heavy atom. The largest absolute Gasteiger partial charge is 0.381 e. The summed E-state index contributed by atoms with van der Waals surface area (Å²) in [7, 11) is 0. The lowest BCUT2D eigenvalue weighted by atomic mass is 10.3. The predicted molar refractivity (Wildman–Crippen MR) is 81.2 cm³/mol. The molecule has 0 radical (unpaired) electrons. The third-order valence-electron chi connectivity index (χ3n) is 3.10. The van der Waals surface area contributed by atoms with E-state index < -0.39 is 0 Å². The Kier molecular flexibility index (Phi) is 6.83. The van der Waals surface area contributed by atoms with Gasteiger partial charge in [0.05, 0.1) is 12.2 Å². The first-order chi connectivity index (χ1) is 10.4. The van der Waals surface area contributed by atoms with Gasteiger partial charge in [-0.3, -0.25) is 0 Å². The maximum absolute atomic E-state index is 5.52. The van der Waals surface area contributed by atoms with Crippen molar-refractivity contribution in [3.63, 3.8) is 0 Å². The average molecular weight is 289 g/mol. The van der Waals surface area contributed by atoms with Gasteiger partial charge in [0.1, 0.15) is 0 Å². The van der Waals surface area contributed by atoms with Gasteiger partial charge in [-0.25, -0.2) is 0 Å². The van der Waals surface area contributed by atoms with Crippen molar-refractivity contribution in [3.8, 4) is 5.69 Å². The molecule has 0 atom stereocenters. The molecule has 0 spiro atoms. The molecule has 1 aromatic carbocycles. The van der Waals surface area contributed by atoms with Gasteiger partial charge in [-0.15, -0.1) is 5.10 Å². The SMILES string of the molecule is CCCCOCCCNCc1nnnn1-c1ccccc1. The van der Waals surface area contributed by atoms with E-state index in [4.69, 9.17) is 4.74 Å². The molecule has 0 bridgehead atoms. The quantitative estimate of drug-likeness (QED) is 0.677. The van der Waals surface area contributed by atoms with Crippen LogP contribution in [0.4, 0.5) is 0 Å². The van der Waals surface area contributed by atoms with E-state index in [1.165, 1.54) is 6.42 Å². The van der Waals surface area contributed by atoms with Gasteiger partial charge in [-0.1, -0.05) is 31.5 Å². The van der Waals surface area contributed by atoms with E-state index in [9.17, 15) is 0 Å². The molecule has 114 valence electrons. The molecule has 6 nitrogen and oxygen atoms in total. The number of unbranched alkanes of at least 4 members (excludes halogenated alkanes) is 1. The topological polar surface area (TPSA) is 64.9 Å². The minimum absolute atomic E-state index is 0.650. The molecule has 0 amide bonds. The second kappa shape index (κ2) is 9.20. The summed E-state index contributed by atoms with van der Waals surface area (Å²) < 4.78 is 7.27. The van der Waals surface area contributed by atoms with Crippen molar-refractivity contribution in [2.75, 3.05) is 19.8 Å². The number of nitrogens with one attached hydrogen (secondary N) is 1. The summed E-state index contributed by atoms with van der Waals surface area (Å²) in [4.78, 5) is 0. The summed E-state index contributed by atoms with van der Waals surface area (Å²) in [6.07, 6.45) is 3.32. The Balaban J connectivity index is 1.69. The Morgan fingerprint density at radius 3 is 2.76 bits per heavy atom. The molecule has 1 N–H and O–H groups in total. The molecule has 6 heteroatoms. The number of ether oxygens (including phenoxy) is 1. The van der Waals surface area contributed by atoms with E-state index in [-0.39, 0.29) is 0 Å². The molecule has 0 unspecified atom stereocenters. The molecule has 0 aliphatic rings. The van der Waals surface area contributed by atoms with Crippen molar-refractivity contribution < 1.29 is 4.74 Å². The monoisotopic (exact) mass is 289 g/mol. The second-order valence-corrected chi connectivity index (χ2v) is 4.84. The van der Waals surface area contributed by atoms with Gasteiger partial charge in [-0.2, -0.15) is 4.68 Å². The zero-order valence-corrected chi connectivity index (χ0v) is 12.5. The van der Waals surface area contributed by atoms with Crippen LogP contribution in [0.3, 0.4) is 0 Å². The van der Waals surface area contributed by atoms with E-state index in [0.29, 0.717) is 6.54 Å². The minimum Gasteiger partial charge on any atom is -0.381 e. The smallest absolute Gasteiger partial charge is 0.170 e. The highest BCUT2D eigenvalue weighted by molar-refractivity contribution is 5.30. The summed E-state index contributed by atoms with van der Waals surface area (Å²) in [6, 6.07) is 9.90. The van der Waals surface area contributed by atoms with Gasteiger partial charge >= 0.3 is 0 Å². The Hall–Kier alpha value is -1.79.